The zero-order valence-electron chi connectivity index (χ0n) is 9.94. The van der Waals surface area contributed by atoms with Gasteiger partial charge in [-0.1, -0.05) is 5.21 Å². The first-order valence-electron chi connectivity index (χ1n) is 5.25. The van der Waals surface area contributed by atoms with Crippen molar-refractivity contribution in [3.8, 4) is 0 Å². The number of carboxylic acid groups (broad SMARTS) is 1. The van der Waals surface area contributed by atoms with Gasteiger partial charge >= 0.3 is 5.97 Å². The summed E-state index contributed by atoms with van der Waals surface area (Å²) < 4.78 is 26.3. The molecular weight excluding hydrogens is 288 g/mol. The summed E-state index contributed by atoms with van der Waals surface area (Å²) >= 11 is 0. The van der Waals surface area contributed by atoms with Gasteiger partial charge in [0.05, 0.1) is 17.0 Å². The first-order valence-corrected chi connectivity index (χ1v) is 6.73. The van der Waals surface area contributed by atoms with Gasteiger partial charge in [0.15, 0.2) is 5.82 Å². The van der Waals surface area contributed by atoms with E-state index in [2.05, 4.69) is 25.3 Å². The number of aromatic carboxylic acids is 1. The molecule has 1 heterocycles. The zero-order chi connectivity index (χ0) is 14.8. The van der Waals surface area contributed by atoms with E-state index in [0.717, 1.165) is 12.1 Å². The molecule has 0 saturated carbocycles. The lowest BCUT2D eigenvalue weighted by atomic mass is 10.2. The van der Waals surface area contributed by atoms with Gasteiger partial charge < -0.3 is 10.8 Å². The smallest absolute Gasteiger partial charge is 0.337 e. The molecule has 0 radical (unpaired) electrons. The number of nitrogens with one attached hydrogen (secondary N) is 2. The van der Waals surface area contributed by atoms with Crippen molar-refractivity contribution < 1.29 is 18.3 Å². The predicted octanol–water partition coefficient (Wildman–Crippen LogP) is -1.04. The van der Waals surface area contributed by atoms with Crippen molar-refractivity contribution in [1.29, 1.82) is 0 Å². The fraction of sp³-hybridized carbons (Fsp3) is 0.111. The molecule has 0 amide bonds. The zero-order valence-corrected chi connectivity index (χ0v) is 10.8. The van der Waals surface area contributed by atoms with Crippen molar-refractivity contribution in [1.82, 2.24) is 25.3 Å². The second kappa shape index (κ2) is 5.22. The number of tetrazole rings is 1. The number of H-pyrrole nitrogens is 1. The van der Waals surface area contributed by atoms with E-state index in [4.69, 9.17) is 10.8 Å². The average Bonchev–Trinajstić information content (AvgIpc) is 2.89. The van der Waals surface area contributed by atoms with Crippen LogP contribution in [0.2, 0.25) is 0 Å². The Morgan fingerprint density at radius 3 is 2.80 bits per heavy atom. The van der Waals surface area contributed by atoms with E-state index in [-0.39, 0.29) is 23.6 Å². The molecule has 0 aliphatic carbocycles. The van der Waals surface area contributed by atoms with Crippen LogP contribution in [0.4, 0.5) is 5.69 Å². The number of carbonyl (C=O) groups is 1. The van der Waals surface area contributed by atoms with Crippen LogP contribution in [0.15, 0.2) is 23.1 Å². The molecule has 1 aromatic heterocycles. The lowest BCUT2D eigenvalue weighted by Crippen LogP contribution is -2.26. The summed E-state index contributed by atoms with van der Waals surface area (Å²) in [6.07, 6.45) is 0. The molecule has 0 saturated heterocycles. The third-order valence-electron chi connectivity index (χ3n) is 2.34. The topological polar surface area (TPSA) is 164 Å². The van der Waals surface area contributed by atoms with Crippen LogP contribution in [0.25, 0.3) is 0 Å². The quantitative estimate of drug-likeness (QED) is 0.508. The molecule has 5 N–H and O–H groups in total. The van der Waals surface area contributed by atoms with Gasteiger partial charge in [-0.2, -0.15) is 5.21 Å². The molecule has 2 aromatic rings. The Morgan fingerprint density at radius 2 is 2.20 bits per heavy atom. The van der Waals surface area contributed by atoms with Gasteiger partial charge in [0, 0.05) is 5.69 Å². The normalized spacial score (nSPS) is 11.4. The van der Waals surface area contributed by atoms with E-state index in [9.17, 15) is 13.2 Å². The number of nitrogen functional groups attached to an aromatic ring is 1. The molecule has 20 heavy (non-hydrogen) atoms. The van der Waals surface area contributed by atoms with Gasteiger partial charge in [0.1, 0.15) is 0 Å². The Labute approximate surface area is 113 Å². The second-order valence-corrected chi connectivity index (χ2v) is 5.45. The van der Waals surface area contributed by atoms with Crippen LogP contribution >= 0.6 is 0 Å². The predicted molar refractivity (Wildman–Crippen MR) is 66.0 cm³/mol. The van der Waals surface area contributed by atoms with Crippen molar-refractivity contribution in [3.63, 3.8) is 0 Å². The summed E-state index contributed by atoms with van der Waals surface area (Å²) in [6.45, 7) is -0.229. The number of aromatic amines is 1. The molecule has 0 aliphatic heterocycles. The van der Waals surface area contributed by atoms with Gasteiger partial charge in [0.2, 0.25) is 10.0 Å². The Balaban J connectivity index is 2.33. The first kappa shape index (κ1) is 13.9. The SMILES string of the molecule is Nc1ccc(C(=O)O)c(S(=O)(=O)NCc2nn[nH]n2)c1. The molecule has 0 unspecified atom stereocenters. The lowest BCUT2D eigenvalue weighted by molar-refractivity contribution is 0.0692. The minimum Gasteiger partial charge on any atom is -0.478 e. The highest BCUT2D eigenvalue weighted by Gasteiger charge is 2.22. The highest BCUT2D eigenvalue weighted by Crippen LogP contribution is 2.19. The number of hydrogen-bond donors (Lipinski definition) is 4. The number of anilines is 1. The van der Waals surface area contributed by atoms with Crippen molar-refractivity contribution in [2.75, 3.05) is 5.73 Å². The standard InChI is InChI=1S/C9H10N6O4S/c10-5-1-2-6(9(16)17)7(3-5)20(18,19)11-4-8-12-14-15-13-8/h1-3,11H,4,10H2,(H,16,17)(H,12,13,14,15). The number of nitrogens with zero attached hydrogens (tertiary/aromatic N) is 3. The number of sulfonamides is 1. The number of carboxylic acids is 1. The number of nitrogens with two attached hydrogens (primary N) is 1. The fourth-order valence-electron chi connectivity index (χ4n) is 1.43. The van der Waals surface area contributed by atoms with Crippen LogP contribution in [0.5, 0.6) is 0 Å². The Bertz CT molecular complexity index is 727. The van der Waals surface area contributed by atoms with Crippen LogP contribution in [-0.2, 0) is 16.6 Å². The maximum absolute atomic E-state index is 12.1. The van der Waals surface area contributed by atoms with E-state index in [1.54, 1.807) is 0 Å². The molecule has 11 heteroatoms. The fourth-order valence-corrected chi connectivity index (χ4v) is 2.64. The minimum absolute atomic E-state index is 0.120. The summed E-state index contributed by atoms with van der Waals surface area (Å²) in [5.41, 5.74) is 5.25. The maximum Gasteiger partial charge on any atom is 0.337 e. The Kier molecular flexibility index (Phi) is 3.63. The van der Waals surface area contributed by atoms with Crippen LogP contribution < -0.4 is 10.5 Å². The number of aromatic nitrogens is 4. The van der Waals surface area contributed by atoms with Crippen molar-refractivity contribution >= 4 is 21.7 Å². The van der Waals surface area contributed by atoms with Gasteiger partial charge in [-0.15, -0.1) is 10.2 Å². The van der Waals surface area contributed by atoms with E-state index >= 15 is 0 Å². The van der Waals surface area contributed by atoms with Crippen LogP contribution in [-0.4, -0.2) is 40.1 Å². The highest BCUT2D eigenvalue weighted by atomic mass is 32.2. The van der Waals surface area contributed by atoms with E-state index in [0.29, 0.717) is 0 Å². The molecule has 0 aliphatic rings. The highest BCUT2D eigenvalue weighted by molar-refractivity contribution is 7.89. The monoisotopic (exact) mass is 298 g/mol. The molecule has 106 valence electrons. The van der Waals surface area contributed by atoms with Gasteiger partial charge in [-0.3, -0.25) is 0 Å². The van der Waals surface area contributed by atoms with Crippen LogP contribution in [0, 0.1) is 0 Å². The number of benzene rings is 1. The lowest BCUT2D eigenvalue weighted by Gasteiger charge is -2.08. The molecule has 10 nitrogen and oxygen atoms in total. The summed E-state index contributed by atoms with van der Waals surface area (Å²) in [6, 6.07) is 3.50. The Morgan fingerprint density at radius 1 is 1.45 bits per heavy atom. The third kappa shape index (κ3) is 2.89. The summed E-state index contributed by atoms with van der Waals surface area (Å²) in [5.74, 6) is -1.25. The third-order valence-corrected chi connectivity index (χ3v) is 3.78. The van der Waals surface area contributed by atoms with Crippen molar-refractivity contribution in [2.24, 2.45) is 0 Å². The first-order chi connectivity index (χ1) is 9.40. The second-order valence-electron chi connectivity index (χ2n) is 3.71. The van der Waals surface area contributed by atoms with Gasteiger partial charge in [0.25, 0.3) is 0 Å². The summed E-state index contributed by atoms with van der Waals surface area (Å²) in [7, 11) is -4.07. The molecule has 2 rings (SSSR count). The number of rotatable bonds is 5. The molecular formula is C9H10N6O4S. The Hall–Kier alpha value is -2.53. The van der Waals surface area contributed by atoms with Crippen molar-refractivity contribution in [2.45, 2.75) is 11.4 Å². The molecule has 1 aromatic carbocycles. The van der Waals surface area contributed by atoms with E-state index < -0.39 is 20.9 Å². The maximum atomic E-state index is 12.1. The van der Waals surface area contributed by atoms with Gasteiger partial charge in [-0.25, -0.2) is 17.9 Å². The molecule has 0 bridgehead atoms. The van der Waals surface area contributed by atoms with Gasteiger partial charge in [-0.05, 0) is 18.2 Å². The van der Waals surface area contributed by atoms with Crippen LogP contribution in [0.3, 0.4) is 0 Å². The molecule has 0 spiro atoms. The van der Waals surface area contributed by atoms with Crippen LogP contribution in [0.1, 0.15) is 16.2 Å². The summed E-state index contributed by atoms with van der Waals surface area (Å²) in [5, 5.41) is 21.6. The largest absolute Gasteiger partial charge is 0.478 e. The average molecular weight is 298 g/mol. The van der Waals surface area contributed by atoms with Crippen molar-refractivity contribution in [3.05, 3.63) is 29.6 Å². The number of hydrogen-bond acceptors (Lipinski definition) is 7. The summed E-state index contributed by atoms with van der Waals surface area (Å²) in [4.78, 5) is 10.6. The molecule has 0 atom stereocenters. The van der Waals surface area contributed by atoms with E-state index in [1.165, 1.54) is 6.07 Å². The molecule has 0 fully saturated rings. The van der Waals surface area contributed by atoms with E-state index in [1.807, 2.05) is 0 Å². The minimum atomic E-state index is -4.07.